The summed E-state index contributed by atoms with van der Waals surface area (Å²) in [4.78, 5) is 23.8. The molecular weight excluding hydrogens is 442 g/mol. The molecule has 2 aromatic rings. The number of carbonyl (C=O) groups is 2. The van der Waals surface area contributed by atoms with Crippen LogP contribution in [0.2, 0.25) is 0 Å². The lowest BCUT2D eigenvalue weighted by atomic mass is 9.98. The van der Waals surface area contributed by atoms with E-state index in [9.17, 15) is 24.9 Å². The molecular formula is C25H31NO8. The van der Waals surface area contributed by atoms with Crippen LogP contribution in [0.4, 0.5) is 0 Å². The number of para-hydroxylation sites is 1. The summed E-state index contributed by atoms with van der Waals surface area (Å²) < 4.78 is 17.5. The minimum atomic E-state index is -1.72. The van der Waals surface area contributed by atoms with Crippen molar-refractivity contribution in [1.82, 2.24) is 5.32 Å². The third-order valence-corrected chi connectivity index (χ3v) is 5.44. The first-order valence-corrected chi connectivity index (χ1v) is 11.2. The Morgan fingerprint density at radius 3 is 2.18 bits per heavy atom. The monoisotopic (exact) mass is 473 g/mol. The summed E-state index contributed by atoms with van der Waals surface area (Å²) in [6.07, 6.45) is -5.53. The maximum atomic E-state index is 11.9. The summed E-state index contributed by atoms with van der Waals surface area (Å²) in [5, 5.41) is 32.7. The number of benzene rings is 2. The van der Waals surface area contributed by atoms with Gasteiger partial charge in [-0.3, -0.25) is 0 Å². The van der Waals surface area contributed by atoms with Gasteiger partial charge in [0.05, 0.1) is 12.2 Å². The first kappa shape index (κ1) is 25.6. The highest BCUT2D eigenvalue weighted by atomic mass is 16.6. The van der Waals surface area contributed by atoms with Gasteiger partial charge in [-0.1, -0.05) is 62.4 Å². The number of carboxylic acid groups (broad SMARTS) is 2. The van der Waals surface area contributed by atoms with Gasteiger partial charge in [-0.05, 0) is 11.6 Å². The van der Waals surface area contributed by atoms with Crippen molar-refractivity contribution in [3.63, 3.8) is 0 Å². The van der Waals surface area contributed by atoms with E-state index in [-0.39, 0.29) is 19.1 Å². The smallest absolute Gasteiger partial charge is 0.336 e. The number of aliphatic carboxylic acids is 2. The van der Waals surface area contributed by atoms with Crippen LogP contribution in [0.5, 0.6) is 5.75 Å². The average Bonchev–Trinajstić information content (AvgIpc) is 3.03. The average molecular weight is 474 g/mol. The van der Waals surface area contributed by atoms with Crippen LogP contribution >= 0.6 is 0 Å². The summed E-state index contributed by atoms with van der Waals surface area (Å²) in [5.41, 5.74) is 1.26. The lowest BCUT2D eigenvalue weighted by Crippen LogP contribution is -2.42. The van der Waals surface area contributed by atoms with Gasteiger partial charge in [0.15, 0.2) is 12.2 Å². The molecule has 3 unspecified atom stereocenters. The number of nitrogens with one attached hydrogen (secondary N) is 1. The SMILES string of the molecule is CC(C)NCC(O)COc1ccccc1C1CC(c2ccccc2)O[C@@H](C(=O)O)[C@H](C(=O)O)O1. The fourth-order valence-electron chi connectivity index (χ4n) is 3.75. The molecule has 0 amide bonds. The predicted octanol–water partition coefficient (Wildman–Crippen LogP) is 2.55. The van der Waals surface area contributed by atoms with E-state index < -0.39 is 42.5 Å². The van der Waals surface area contributed by atoms with Crippen molar-refractivity contribution >= 4 is 11.9 Å². The highest BCUT2D eigenvalue weighted by Gasteiger charge is 2.44. The molecule has 0 saturated carbocycles. The van der Waals surface area contributed by atoms with Gasteiger partial charge in [0.2, 0.25) is 0 Å². The van der Waals surface area contributed by atoms with Gasteiger partial charge in [0.25, 0.3) is 0 Å². The second-order valence-electron chi connectivity index (χ2n) is 8.48. The van der Waals surface area contributed by atoms with Crippen LogP contribution in [0.15, 0.2) is 54.6 Å². The van der Waals surface area contributed by atoms with E-state index in [0.29, 0.717) is 23.4 Å². The van der Waals surface area contributed by atoms with Gasteiger partial charge >= 0.3 is 11.9 Å². The summed E-state index contributed by atoms with van der Waals surface area (Å²) in [7, 11) is 0. The van der Waals surface area contributed by atoms with Crippen molar-refractivity contribution in [3.05, 3.63) is 65.7 Å². The van der Waals surface area contributed by atoms with Gasteiger partial charge in [-0.25, -0.2) is 9.59 Å². The van der Waals surface area contributed by atoms with Gasteiger partial charge in [-0.15, -0.1) is 0 Å². The second-order valence-corrected chi connectivity index (χ2v) is 8.48. The fourth-order valence-corrected chi connectivity index (χ4v) is 3.75. The molecule has 1 saturated heterocycles. The molecule has 184 valence electrons. The molecule has 3 rings (SSSR count). The van der Waals surface area contributed by atoms with Crippen LogP contribution in [0, 0.1) is 0 Å². The van der Waals surface area contributed by atoms with Gasteiger partial charge in [-0.2, -0.15) is 0 Å². The molecule has 0 bridgehead atoms. The second kappa shape index (κ2) is 11.9. The summed E-state index contributed by atoms with van der Waals surface area (Å²) in [6, 6.07) is 16.2. The number of hydrogen-bond donors (Lipinski definition) is 4. The molecule has 0 spiro atoms. The molecule has 34 heavy (non-hydrogen) atoms. The van der Waals surface area contributed by atoms with E-state index in [4.69, 9.17) is 14.2 Å². The van der Waals surface area contributed by atoms with Crippen molar-refractivity contribution in [2.45, 2.75) is 56.8 Å². The lowest BCUT2D eigenvalue weighted by molar-refractivity contribution is -0.177. The standard InChI is InChI=1S/C25H31NO8/c1-15(2)26-13-17(27)14-32-19-11-7-6-10-18(19)21-12-20(16-8-4-3-5-9-16)33-22(24(28)29)23(34-21)25(30)31/h3-11,15,17,20-23,26-27H,12-14H2,1-2H3,(H,28,29)(H,30,31)/t17?,20?,21?,22-,23-/m1/s1. The highest BCUT2D eigenvalue weighted by molar-refractivity contribution is 5.83. The molecule has 9 heteroatoms. The highest BCUT2D eigenvalue weighted by Crippen LogP contribution is 2.40. The number of aliphatic hydroxyl groups excluding tert-OH is 1. The molecule has 0 aromatic heterocycles. The Bertz CT molecular complexity index is 951. The first-order chi connectivity index (χ1) is 16.3. The Hall–Kier alpha value is -2.98. The Morgan fingerprint density at radius 1 is 0.971 bits per heavy atom. The lowest BCUT2D eigenvalue weighted by Gasteiger charge is -2.24. The van der Waals surface area contributed by atoms with E-state index >= 15 is 0 Å². The van der Waals surface area contributed by atoms with Gasteiger partial charge < -0.3 is 34.8 Å². The Balaban J connectivity index is 1.89. The zero-order valence-electron chi connectivity index (χ0n) is 19.2. The van der Waals surface area contributed by atoms with Crippen LogP contribution in [-0.2, 0) is 19.1 Å². The van der Waals surface area contributed by atoms with Crippen molar-refractivity contribution in [2.75, 3.05) is 13.2 Å². The molecule has 0 aliphatic carbocycles. The maximum absolute atomic E-state index is 11.9. The number of ether oxygens (including phenoxy) is 3. The van der Waals surface area contributed by atoms with E-state index in [1.807, 2.05) is 19.9 Å². The minimum Gasteiger partial charge on any atom is -0.490 e. The third kappa shape index (κ3) is 6.77. The van der Waals surface area contributed by atoms with Crippen LogP contribution in [0.3, 0.4) is 0 Å². The largest absolute Gasteiger partial charge is 0.490 e. The molecule has 0 radical (unpaired) electrons. The Kier molecular flexibility index (Phi) is 9.00. The van der Waals surface area contributed by atoms with Crippen molar-refractivity contribution in [3.8, 4) is 5.75 Å². The number of aliphatic hydroxyl groups is 1. The van der Waals surface area contributed by atoms with E-state index in [1.165, 1.54) is 0 Å². The predicted molar refractivity (Wildman–Crippen MR) is 123 cm³/mol. The molecule has 1 heterocycles. The van der Waals surface area contributed by atoms with Gasteiger partial charge in [0.1, 0.15) is 18.5 Å². The van der Waals surface area contributed by atoms with E-state index in [0.717, 1.165) is 0 Å². The zero-order chi connectivity index (χ0) is 24.7. The Labute approximate surface area is 198 Å². The summed E-state index contributed by atoms with van der Waals surface area (Å²) in [5.74, 6) is -2.43. The third-order valence-electron chi connectivity index (χ3n) is 5.44. The van der Waals surface area contributed by atoms with Crippen LogP contribution in [0.25, 0.3) is 0 Å². The fraction of sp³-hybridized carbons (Fsp3) is 0.440. The molecule has 5 atom stereocenters. The van der Waals surface area contributed by atoms with Crippen LogP contribution < -0.4 is 10.1 Å². The summed E-state index contributed by atoms with van der Waals surface area (Å²) >= 11 is 0. The molecule has 1 fully saturated rings. The quantitative estimate of drug-likeness (QED) is 0.411. The number of carboxylic acids is 2. The molecule has 1 aliphatic heterocycles. The van der Waals surface area contributed by atoms with Crippen LogP contribution in [0.1, 0.15) is 43.6 Å². The molecule has 1 aliphatic rings. The Morgan fingerprint density at radius 2 is 1.56 bits per heavy atom. The van der Waals surface area contributed by atoms with E-state index in [1.54, 1.807) is 48.5 Å². The number of hydrogen-bond acceptors (Lipinski definition) is 7. The summed E-state index contributed by atoms with van der Waals surface area (Å²) in [6.45, 7) is 4.31. The first-order valence-electron chi connectivity index (χ1n) is 11.2. The molecule has 9 nitrogen and oxygen atoms in total. The van der Waals surface area contributed by atoms with Crippen LogP contribution in [-0.4, -0.2) is 64.8 Å². The van der Waals surface area contributed by atoms with Gasteiger partial charge in [0, 0.05) is 24.6 Å². The van der Waals surface area contributed by atoms with Crippen molar-refractivity contribution in [2.24, 2.45) is 0 Å². The molecule has 4 N–H and O–H groups in total. The maximum Gasteiger partial charge on any atom is 0.336 e. The number of rotatable bonds is 10. The molecule has 2 aromatic carbocycles. The van der Waals surface area contributed by atoms with Crippen molar-refractivity contribution < 1.29 is 39.1 Å². The van der Waals surface area contributed by atoms with Crippen molar-refractivity contribution in [1.29, 1.82) is 0 Å². The van der Waals surface area contributed by atoms with E-state index in [2.05, 4.69) is 5.32 Å². The zero-order valence-corrected chi connectivity index (χ0v) is 19.2. The minimum absolute atomic E-state index is 0.0160. The normalized spacial score (nSPS) is 23.8. The topological polar surface area (TPSA) is 135 Å².